The van der Waals surface area contributed by atoms with Crippen molar-refractivity contribution >= 4 is 0 Å². The number of hydrogen-bond acceptors (Lipinski definition) is 2. The van der Waals surface area contributed by atoms with E-state index in [1.807, 2.05) is 0 Å². The van der Waals surface area contributed by atoms with E-state index in [-0.39, 0.29) is 5.66 Å². The number of rotatable bonds is 4. The van der Waals surface area contributed by atoms with Gasteiger partial charge in [0, 0.05) is 6.42 Å². The van der Waals surface area contributed by atoms with Crippen LogP contribution >= 0.6 is 0 Å². The minimum absolute atomic E-state index is 0.0122. The number of likely N-dealkylation sites (N-methyl/N-ethyl adjacent to an activating group) is 2. The molecule has 0 saturated heterocycles. The van der Waals surface area contributed by atoms with Crippen molar-refractivity contribution in [2.45, 2.75) is 25.9 Å². The van der Waals surface area contributed by atoms with E-state index in [1.165, 1.54) is 0 Å². The molecule has 0 aromatic heterocycles. The molecule has 0 amide bonds. The van der Waals surface area contributed by atoms with Gasteiger partial charge in [0.05, 0.1) is 5.66 Å². The van der Waals surface area contributed by atoms with Crippen molar-refractivity contribution in [1.29, 1.82) is 0 Å². The molecule has 0 aromatic carbocycles. The topological polar surface area (TPSA) is 24.1 Å². The summed E-state index contributed by atoms with van der Waals surface area (Å²) in [7, 11) is 0. The van der Waals surface area contributed by atoms with E-state index in [4.69, 9.17) is 0 Å². The fraction of sp³-hybridized carbons (Fsp3) is 0.600. The van der Waals surface area contributed by atoms with Crippen molar-refractivity contribution in [3.63, 3.8) is 0 Å². The highest BCUT2D eigenvalue weighted by Crippen LogP contribution is 2.13. The van der Waals surface area contributed by atoms with Gasteiger partial charge in [0.15, 0.2) is 0 Å². The van der Waals surface area contributed by atoms with Gasteiger partial charge in [-0.1, -0.05) is 32.1 Å². The van der Waals surface area contributed by atoms with Gasteiger partial charge in [-0.05, 0) is 19.2 Å². The summed E-state index contributed by atoms with van der Waals surface area (Å²) < 4.78 is 0. The molecule has 0 fully saturated rings. The molecule has 2 N–H and O–H groups in total. The summed E-state index contributed by atoms with van der Waals surface area (Å²) >= 11 is 0. The van der Waals surface area contributed by atoms with Crippen molar-refractivity contribution in [2.75, 3.05) is 13.1 Å². The van der Waals surface area contributed by atoms with Gasteiger partial charge in [-0.25, -0.2) is 0 Å². The van der Waals surface area contributed by atoms with Gasteiger partial charge in [0.1, 0.15) is 0 Å². The number of allylic oxidation sites excluding steroid dienone is 2. The third kappa shape index (κ3) is 2.19. The average Bonchev–Trinajstić information content (AvgIpc) is 2.07. The van der Waals surface area contributed by atoms with Gasteiger partial charge in [-0.2, -0.15) is 0 Å². The molecule has 0 unspecified atom stereocenters. The largest absolute Gasteiger partial charge is 0.296 e. The van der Waals surface area contributed by atoms with Crippen molar-refractivity contribution < 1.29 is 0 Å². The average molecular weight is 166 g/mol. The van der Waals surface area contributed by atoms with E-state index < -0.39 is 0 Å². The monoisotopic (exact) mass is 166 g/mol. The molecule has 0 bridgehead atoms. The van der Waals surface area contributed by atoms with Crippen LogP contribution in [0.25, 0.3) is 0 Å². The van der Waals surface area contributed by atoms with E-state index in [2.05, 4.69) is 48.8 Å². The molecule has 0 radical (unpaired) electrons. The highest BCUT2D eigenvalue weighted by atomic mass is 15.2. The molecule has 12 heavy (non-hydrogen) atoms. The molecule has 1 aliphatic rings. The second-order valence-electron chi connectivity index (χ2n) is 3.02. The van der Waals surface area contributed by atoms with E-state index >= 15 is 0 Å². The Morgan fingerprint density at radius 3 is 2.25 bits per heavy atom. The second kappa shape index (κ2) is 4.43. The van der Waals surface area contributed by atoms with E-state index in [1.54, 1.807) is 0 Å². The molecule has 0 heterocycles. The van der Waals surface area contributed by atoms with Crippen molar-refractivity contribution in [2.24, 2.45) is 0 Å². The van der Waals surface area contributed by atoms with Crippen LogP contribution < -0.4 is 10.6 Å². The zero-order chi connectivity index (χ0) is 8.86. The SMILES string of the molecule is CCNC1(NCC)C=CC=CC1. The lowest BCUT2D eigenvalue weighted by Crippen LogP contribution is -2.55. The van der Waals surface area contributed by atoms with Crippen LogP contribution in [0.2, 0.25) is 0 Å². The minimum atomic E-state index is 0.0122. The summed E-state index contributed by atoms with van der Waals surface area (Å²) in [5.41, 5.74) is 0.0122. The summed E-state index contributed by atoms with van der Waals surface area (Å²) in [6, 6.07) is 0. The summed E-state index contributed by atoms with van der Waals surface area (Å²) in [5.74, 6) is 0. The summed E-state index contributed by atoms with van der Waals surface area (Å²) in [6.45, 7) is 6.24. The lowest BCUT2D eigenvalue weighted by atomic mass is 10.0. The van der Waals surface area contributed by atoms with Crippen LogP contribution in [-0.2, 0) is 0 Å². The molecule has 68 valence electrons. The van der Waals surface area contributed by atoms with Crippen molar-refractivity contribution in [1.82, 2.24) is 10.6 Å². The lowest BCUT2D eigenvalue weighted by Gasteiger charge is -2.33. The smallest absolute Gasteiger partial charge is 0.0917 e. The molecule has 1 rings (SSSR count). The van der Waals surface area contributed by atoms with Gasteiger partial charge >= 0.3 is 0 Å². The molecule has 0 saturated carbocycles. The van der Waals surface area contributed by atoms with Crippen LogP contribution in [0, 0.1) is 0 Å². The van der Waals surface area contributed by atoms with Crippen molar-refractivity contribution in [3.05, 3.63) is 24.3 Å². The second-order valence-corrected chi connectivity index (χ2v) is 3.02. The Hall–Kier alpha value is -0.600. The van der Waals surface area contributed by atoms with Gasteiger partial charge in [0.2, 0.25) is 0 Å². The first kappa shape index (κ1) is 9.49. The van der Waals surface area contributed by atoms with Crippen molar-refractivity contribution in [3.8, 4) is 0 Å². The zero-order valence-electron chi connectivity index (χ0n) is 7.93. The molecular formula is C10H18N2. The third-order valence-corrected chi connectivity index (χ3v) is 2.05. The van der Waals surface area contributed by atoms with Crippen LogP contribution in [-0.4, -0.2) is 18.8 Å². The maximum absolute atomic E-state index is 3.45. The Labute approximate surface area is 74.7 Å². The minimum Gasteiger partial charge on any atom is -0.296 e. The van der Waals surface area contributed by atoms with Crippen LogP contribution in [0.5, 0.6) is 0 Å². The summed E-state index contributed by atoms with van der Waals surface area (Å²) in [4.78, 5) is 0. The van der Waals surface area contributed by atoms with Crippen LogP contribution in [0.4, 0.5) is 0 Å². The Balaban J connectivity index is 2.59. The molecule has 2 nitrogen and oxygen atoms in total. The number of hydrogen-bond donors (Lipinski definition) is 2. The van der Waals surface area contributed by atoms with E-state index in [0.717, 1.165) is 19.5 Å². The van der Waals surface area contributed by atoms with Gasteiger partial charge in [-0.3, -0.25) is 10.6 Å². The maximum Gasteiger partial charge on any atom is 0.0917 e. The molecule has 0 aliphatic heterocycles. The first-order valence-corrected chi connectivity index (χ1v) is 4.67. The summed E-state index contributed by atoms with van der Waals surface area (Å²) in [6.07, 6.45) is 9.60. The third-order valence-electron chi connectivity index (χ3n) is 2.05. The Bertz CT molecular complexity index is 176. The van der Waals surface area contributed by atoms with Gasteiger partial charge in [-0.15, -0.1) is 0 Å². The van der Waals surface area contributed by atoms with E-state index in [9.17, 15) is 0 Å². The number of nitrogens with one attached hydrogen (secondary N) is 2. The van der Waals surface area contributed by atoms with Gasteiger partial charge < -0.3 is 0 Å². The fourth-order valence-electron chi connectivity index (χ4n) is 1.58. The molecule has 2 heteroatoms. The molecular weight excluding hydrogens is 148 g/mol. The fourth-order valence-corrected chi connectivity index (χ4v) is 1.58. The van der Waals surface area contributed by atoms with Gasteiger partial charge in [0.25, 0.3) is 0 Å². The highest BCUT2D eigenvalue weighted by molar-refractivity contribution is 5.19. The van der Waals surface area contributed by atoms with Crippen LogP contribution in [0.15, 0.2) is 24.3 Å². The normalized spacial score (nSPS) is 19.8. The first-order valence-electron chi connectivity index (χ1n) is 4.67. The molecule has 1 aliphatic carbocycles. The molecule has 0 spiro atoms. The summed E-state index contributed by atoms with van der Waals surface area (Å²) in [5, 5.41) is 6.90. The Morgan fingerprint density at radius 1 is 1.17 bits per heavy atom. The molecule has 0 aromatic rings. The standard InChI is InChI=1S/C10H18N2/c1-3-11-10(12-4-2)8-6-5-7-9-10/h5-8,11-12H,3-4,9H2,1-2H3. The quantitative estimate of drug-likeness (QED) is 0.617. The van der Waals surface area contributed by atoms with Crippen LogP contribution in [0.3, 0.4) is 0 Å². The lowest BCUT2D eigenvalue weighted by molar-refractivity contribution is 0.338. The highest BCUT2D eigenvalue weighted by Gasteiger charge is 2.23. The zero-order valence-corrected chi connectivity index (χ0v) is 7.93. The Kier molecular flexibility index (Phi) is 3.50. The van der Waals surface area contributed by atoms with Crippen LogP contribution in [0.1, 0.15) is 20.3 Å². The maximum atomic E-state index is 3.45. The Morgan fingerprint density at radius 2 is 1.83 bits per heavy atom. The predicted molar refractivity (Wildman–Crippen MR) is 53.0 cm³/mol. The first-order chi connectivity index (χ1) is 5.83. The molecule has 0 atom stereocenters. The predicted octanol–water partition coefficient (Wildman–Crippen LogP) is 1.42. The van der Waals surface area contributed by atoms with E-state index in [0.29, 0.717) is 0 Å².